The van der Waals surface area contributed by atoms with E-state index in [0.29, 0.717) is 0 Å². The maximum atomic E-state index is 9.41. The minimum Gasteiger partial charge on any atom is -0.563 e. The van der Waals surface area contributed by atoms with E-state index in [0.717, 1.165) is 0 Å². The first kappa shape index (κ1) is 7.47. The Kier molecular flexibility index (Phi) is 1.90. The van der Waals surface area contributed by atoms with Gasteiger partial charge in [-0.05, 0) is 42.7 Å². The van der Waals surface area contributed by atoms with Gasteiger partial charge in [-0.25, -0.2) is 0 Å². The van der Waals surface area contributed by atoms with E-state index in [-0.39, 0.29) is 0 Å². The molecule has 0 saturated carbocycles. The Hall–Kier alpha value is -0.633. The summed E-state index contributed by atoms with van der Waals surface area (Å²) >= 11 is 0. The smallest absolute Gasteiger partial charge is 0.261 e. The molecular weight excluding hydrogens is 140 g/mol. The molecule has 0 aliphatic carbocycles. The van der Waals surface area contributed by atoms with Crippen LogP contribution in [0.1, 0.15) is 16.3 Å². The molecule has 2 heteroatoms. The predicted molar refractivity (Wildman–Crippen MR) is 44.2 cm³/mol. The normalized spacial score (nSPS) is 9.90. The van der Waals surface area contributed by atoms with Gasteiger partial charge in [-0.2, -0.15) is 0 Å². The van der Waals surface area contributed by atoms with Crippen LogP contribution in [0.5, 0.6) is 0 Å². The fourth-order valence-electron chi connectivity index (χ4n) is 0.942. The van der Waals surface area contributed by atoms with E-state index < -0.39 is 8.64 Å². The lowest BCUT2D eigenvalue weighted by Gasteiger charge is -2.03. The van der Waals surface area contributed by atoms with Crippen molar-refractivity contribution in [2.45, 2.75) is 20.8 Å². The fourth-order valence-corrected chi connectivity index (χ4v) is 2.18. The highest BCUT2D eigenvalue weighted by Gasteiger charge is 2.01. The molecule has 0 fully saturated rings. The van der Waals surface area contributed by atoms with Crippen molar-refractivity contribution in [3.05, 3.63) is 28.0 Å². The standard InChI is InChI=1S/C8H12OSi/c1-6-4-5-10(9)8(3)7(6)2/h4-5,9H,1-3H3. The van der Waals surface area contributed by atoms with Crippen LogP contribution in [0.15, 0.2) is 11.7 Å². The molecule has 1 rings (SSSR count). The van der Waals surface area contributed by atoms with Gasteiger partial charge in [0.15, 0.2) is 0 Å². The van der Waals surface area contributed by atoms with E-state index in [1.165, 1.54) is 16.3 Å². The molecule has 0 saturated heterocycles. The first-order chi connectivity index (χ1) is 4.63. The third-order valence-corrected chi connectivity index (χ3v) is 3.66. The Balaban J connectivity index is 3.34. The second kappa shape index (κ2) is 2.54. The van der Waals surface area contributed by atoms with Gasteiger partial charge in [0, 0.05) is 0 Å². The molecule has 1 nitrogen and oxygen atoms in total. The molecule has 0 unspecified atom stereocenters. The van der Waals surface area contributed by atoms with E-state index in [2.05, 4.69) is 13.8 Å². The molecule has 54 valence electrons. The van der Waals surface area contributed by atoms with Gasteiger partial charge in [0.05, 0.1) is 0 Å². The zero-order valence-electron chi connectivity index (χ0n) is 6.60. The number of rotatable bonds is 0. The zero-order chi connectivity index (χ0) is 7.72. The van der Waals surface area contributed by atoms with Gasteiger partial charge in [-0.3, -0.25) is 0 Å². The van der Waals surface area contributed by atoms with Gasteiger partial charge in [-0.1, -0.05) is 6.07 Å². The second-order valence-corrected chi connectivity index (χ2v) is 4.51. The van der Waals surface area contributed by atoms with Crippen LogP contribution in [-0.4, -0.2) is 13.4 Å². The molecule has 0 bridgehead atoms. The molecule has 1 heterocycles. The maximum absolute atomic E-state index is 9.41. The topological polar surface area (TPSA) is 20.2 Å². The van der Waals surface area contributed by atoms with Crippen molar-refractivity contribution in [2.75, 3.05) is 0 Å². The SMILES string of the molecule is Cc1cc[si](O)c(C)c1C. The van der Waals surface area contributed by atoms with E-state index in [4.69, 9.17) is 0 Å². The molecule has 0 aliphatic heterocycles. The summed E-state index contributed by atoms with van der Waals surface area (Å²) in [6.45, 7) is 6.15. The fraction of sp³-hybridized carbons (Fsp3) is 0.375. The number of hydrogen-bond donors (Lipinski definition) is 1. The Morgan fingerprint density at radius 2 is 1.90 bits per heavy atom. The summed E-state index contributed by atoms with van der Waals surface area (Å²) in [4.78, 5) is 9.41. The average molecular weight is 152 g/mol. The van der Waals surface area contributed by atoms with Crippen molar-refractivity contribution < 1.29 is 4.80 Å². The molecule has 0 aromatic carbocycles. The Morgan fingerprint density at radius 1 is 1.30 bits per heavy atom. The number of hydrogen-bond acceptors (Lipinski definition) is 1. The van der Waals surface area contributed by atoms with Gasteiger partial charge < -0.3 is 4.80 Å². The molecule has 10 heavy (non-hydrogen) atoms. The molecule has 0 amide bonds. The lowest BCUT2D eigenvalue weighted by atomic mass is 10.2. The van der Waals surface area contributed by atoms with Crippen molar-refractivity contribution >= 4 is 8.64 Å². The van der Waals surface area contributed by atoms with Gasteiger partial charge >= 0.3 is 0 Å². The van der Waals surface area contributed by atoms with E-state index in [1.54, 1.807) is 0 Å². The minimum absolute atomic E-state index is 1.17. The number of aryl methyl sites for hydroxylation is 1. The summed E-state index contributed by atoms with van der Waals surface area (Å²) in [6, 6.07) is 2.01. The minimum atomic E-state index is -1.27. The maximum Gasteiger partial charge on any atom is 0.261 e. The molecule has 0 atom stereocenters. The van der Waals surface area contributed by atoms with Crippen molar-refractivity contribution in [3.8, 4) is 0 Å². The molecule has 0 spiro atoms. The molecular formula is C8H12OSi. The van der Waals surface area contributed by atoms with Crippen molar-refractivity contribution in [2.24, 2.45) is 0 Å². The van der Waals surface area contributed by atoms with Gasteiger partial charge in [0.25, 0.3) is 8.64 Å². The summed E-state index contributed by atoms with van der Waals surface area (Å²) in [5, 5.41) is 1.17. The summed E-state index contributed by atoms with van der Waals surface area (Å²) in [6.07, 6.45) is 0. The van der Waals surface area contributed by atoms with Gasteiger partial charge in [-0.15, -0.1) is 0 Å². The first-order valence-electron chi connectivity index (χ1n) is 3.38. The van der Waals surface area contributed by atoms with E-state index in [1.807, 2.05) is 18.7 Å². The Labute approximate surface area is 63.0 Å². The van der Waals surface area contributed by atoms with Crippen LogP contribution in [0.3, 0.4) is 0 Å². The van der Waals surface area contributed by atoms with Crippen molar-refractivity contribution in [3.63, 3.8) is 0 Å². The van der Waals surface area contributed by atoms with Crippen molar-refractivity contribution in [1.29, 1.82) is 0 Å². The van der Waals surface area contributed by atoms with Gasteiger partial charge in [0.1, 0.15) is 0 Å². The Morgan fingerprint density at radius 3 is 2.40 bits per heavy atom. The van der Waals surface area contributed by atoms with E-state index in [9.17, 15) is 4.80 Å². The summed E-state index contributed by atoms with van der Waals surface area (Å²) < 4.78 is 0. The summed E-state index contributed by atoms with van der Waals surface area (Å²) in [5.74, 6) is 0. The molecule has 0 radical (unpaired) electrons. The van der Waals surface area contributed by atoms with Crippen LogP contribution < -0.4 is 0 Å². The average Bonchev–Trinajstić information content (AvgIpc) is 1.93. The molecule has 0 aliphatic rings. The first-order valence-corrected chi connectivity index (χ1v) is 4.91. The molecule has 1 N–H and O–H groups in total. The predicted octanol–water partition coefficient (Wildman–Crippen LogP) is 1.39. The van der Waals surface area contributed by atoms with Crippen molar-refractivity contribution in [1.82, 2.24) is 0 Å². The third-order valence-electron chi connectivity index (χ3n) is 2.03. The van der Waals surface area contributed by atoms with E-state index >= 15 is 0 Å². The lowest BCUT2D eigenvalue weighted by Crippen LogP contribution is -2.02. The van der Waals surface area contributed by atoms with Crippen LogP contribution in [-0.2, 0) is 0 Å². The van der Waals surface area contributed by atoms with Crippen LogP contribution in [0.2, 0.25) is 0 Å². The molecule has 1 aromatic rings. The third kappa shape index (κ3) is 1.11. The lowest BCUT2D eigenvalue weighted by molar-refractivity contribution is 0.604. The summed E-state index contributed by atoms with van der Waals surface area (Å²) in [7, 11) is -1.27. The highest BCUT2D eigenvalue weighted by atomic mass is 28.3. The van der Waals surface area contributed by atoms with Crippen LogP contribution in [0, 0.1) is 20.8 Å². The van der Waals surface area contributed by atoms with Crippen LogP contribution in [0.4, 0.5) is 0 Å². The molecule has 1 aromatic heterocycles. The largest absolute Gasteiger partial charge is 0.563 e. The van der Waals surface area contributed by atoms with Gasteiger partial charge in [0.2, 0.25) is 0 Å². The zero-order valence-corrected chi connectivity index (χ0v) is 7.60. The highest BCUT2D eigenvalue weighted by Crippen LogP contribution is 2.09. The summed E-state index contributed by atoms with van der Waals surface area (Å²) in [5.41, 5.74) is 4.46. The van der Waals surface area contributed by atoms with Crippen LogP contribution >= 0.6 is 0 Å². The highest BCUT2D eigenvalue weighted by molar-refractivity contribution is 6.45. The monoisotopic (exact) mass is 152 g/mol. The van der Waals surface area contributed by atoms with Crippen LogP contribution in [0.25, 0.3) is 0 Å². The second-order valence-electron chi connectivity index (χ2n) is 2.65. The quantitative estimate of drug-likeness (QED) is 0.557. The Bertz CT molecular complexity index is 229.